The first kappa shape index (κ1) is 19.1. The van der Waals surface area contributed by atoms with Crippen LogP contribution in [0.3, 0.4) is 0 Å². The van der Waals surface area contributed by atoms with E-state index in [9.17, 15) is 9.59 Å². The van der Waals surface area contributed by atoms with Gasteiger partial charge in [-0.1, -0.05) is 35.6 Å². The molecule has 2 amide bonds. The number of amides is 2. The first-order valence-corrected chi connectivity index (χ1v) is 10.3. The molecule has 0 atom stereocenters. The van der Waals surface area contributed by atoms with Gasteiger partial charge in [0.2, 0.25) is 0 Å². The van der Waals surface area contributed by atoms with Gasteiger partial charge in [-0.2, -0.15) is 0 Å². The molecule has 0 aliphatic carbocycles. The van der Waals surface area contributed by atoms with E-state index in [1.54, 1.807) is 18.2 Å². The number of anilines is 1. The molecule has 2 aromatic carbocycles. The van der Waals surface area contributed by atoms with E-state index in [4.69, 9.17) is 4.74 Å². The van der Waals surface area contributed by atoms with Crippen LogP contribution in [0.2, 0.25) is 0 Å². The average molecular weight is 407 g/mol. The summed E-state index contributed by atoms with van der Waals surface area (Å²) >= 11 is 1.42. The predicted molar refractivity (Wildman–Crippen MR) is 113 cm³/mol. The summed E-state index contributed by atoms with van der Waals surface area (Å²) in [7, 11) is 0. The third-order valence-electron chi connectivity index (χ3n) is 4.67. The number of thiazole rings is 1. The lowest BCUT2D eigenvalue weighted by atomic mass is 10.1. The van der Waals surface area contributed by atoms with E-state index < -0.39 is 0 Å². The van der Waals surface area contributed by atoms with Gasteiger partial charge < -0.3 is 9.64 Å². The molecule has 0 radical (unpaired) electrons. The minimum absolute atomic E-state index is 0.0166. The highest BCUT2D eigenvalue weighted by Crippen LogP contribution is 2.29. The highest BCUT2D eigenvalue weighted by atomic mass is 32.1. The van der Waals surface area contributed by atoms with Gasteiger partial charge in [0.15, 0.2) is 5.13 Å². The molecule has 6 nitrogen and oxygen atoms in total. The second kappa shape index (κ2) is 8.45. The molecule has 4 rings (SSSR count). The number of fused-ring (bicyclic) bond motifs is 1. The molecule has 1 aliphatic heterocycles. The average Bonchev–Trinajstić information content (AvgIpc) is 3.15. The molecule has 29 heavy (non-hydrogen) atoms. The molecule has 0 spiro atoms. The molecule has 0 bridgehead atoms. The minimum Gasteiger partial charge on any atom is -0.494 e. The van der Waals surface area contributed by atoms with Crippen LogP contribution in [0.15, 0.2) is 54.6 Å². The fourth-order valence-electron chi connectivity index (χ4n) is 3.25. The molecular weight excluding hydrogens is 386 g/mol. The SMILES string of the molecule is CCOc1cccc(C(=O)Nc2nc3c(s2)CN(C(=O)c2ccccc2)CC3)c1. The van der Waals surface area contributed by atoms with Crippen LogP contribution in [-0.4, -0.2) is 34.8 Å². The number of benzene rings is 2. The minimum atomic E-state index is -0.227. The van der Waals surface area contributed by atoms with Crippen LogP contribution in [0.4, 0.5) is 5.13 Å². The smallest absolute Gasteiger partial charge is 0.257 e. The molecule has 148 valence electrons. The lowest BCUT2D eigenvalue weighted by Crippen LogP contribution is -2.35. The largest absolute Gasteiger partial charge is 0.494 e. The Bertz CT molecular complexity index is 1030. The number of hydrogen-bond acceptors (Lipinski definition) is 5. The van der Waals surface area contributed by atoms with Crippen LogP contribution in [0.25, 0.3) is 0 Å². The van der Waals surface area contributed by atoms with E-state index >= 15 is 0 Å². The second-order valence-electron chi connectivity index (χ2n) is 6.65. The predicted octanol–water partition coefficient (Wildman–Crippen LogP) is 3.99. The molecule has 2 heterocycles. The Balaban J connectivity index is 1.45. The van der Waals surface area contributed by atoms with Crippen molar-refractivity contribution in [1.29, 1.82) is 0 Å². The zero-order valence-electron chi connectivity index (χ0n) is 16.1. The molecule has 7 heteroatoms. The van der Waals surface area contributed by atoms with E-state index in [1.807, 2.05) is 48.2 Å². The highest BCUT2D eigenvalue weighted by molar-refractivity contribution is 7.15. The Kier molecular flexibility index (Phi) is 5.57. The van der Waals surface area contributed by atoms with Gasteiger partial charge in [0.25, 0.3) is 11.8 Å². The Morgan fingerprint density at radius 2 is 1.93 bits per heavy atom. The number of hydrogen-bond donors (Lipinski definition) is 1. The van der Waals surface area contributed by atoms with Crippen molar-refractivity contribution in [3.05, 3.63) is 76.3 Å². The molecular formula is C22H21N3O3S. The van der Waals surface area contributed by atoms with Crippen LogP contribution in [-0.2, 0) is 13.0 Å². The fourth-order valence-corrected chi connectivity index (χ4v) is 4.27. The van der Waals surface area contributed by atoms with Crippen molar-refractivity contribution < 1.29 is 14.3 Å². The molecule has 0 saturated heterocycles. The van der Waals surface area contributed by atoms with Crippen LogP contribution < -0.4 is 10.1 Å². The normalized spacial score (nSPS) is 12.9. The van der Waals surface area contributed by atoms with Gasteiger partial charge >= 0.3 is 0 Å². The van der Waals surface area contributed by atoms with E-state index in [2.05, 4.69) is 10.3 Å². The Morgan fingerprint density at radius 1 is 1.14 bits per heavy atom. The van der Waals surface area contributed by atoms with Crippen molar-refractivity contribution in [2.45, 2.75) is 19.9 Å². The van der Waals surface area contributed by atoms with Crippen LogP contribution in [0, 0.1) is 0 Å². The zero-order valence-corrected chi connectivity index (χ0v) is 16.9. The Labute approximate surface area is 173 Å². The number of ether oxygens (including phenoxy) is 1. The monoisotopic (exact) mass is 407 g/mol. The maximum Gasteiger partial charge on any atom is 0.257 e. The van der Waals surface area contributed by atoms with Crippen molar-refractivity contribution in [3.8, 4) is 5.75 Å². The first-order chi connectivity index (χ1) is 14.1. The first-order valence-electron chi connectivity index (χ1n) is 9.51. The standard InChI is InChI=1S/C22H21N3O3S/c1-2-28-17-10-6-9-16(13-17)20(26)24-22-23-18-11-12-25(14-19(18)29-22)21(27)15-7-4-3-5-8-15/h3-10,13H,2,11-12,14H2,1H3,(H,23,24,26). The number of nitrogens with zero attached hydrogens (tertiary/aromatic N) is 2. The van der Waals surface area contributed by atoms with Gasteiger partial charge in [0, 0.05) is 29.0 Å². The molecule has 0 unspecified atom stereocenters. The molecule has 1 N–H and O–H groups in total. The third kappa shape index (κ3) is 4.30. The summed E-state index contributed by atoms with van der Waals surface area (Å²) in [6.07, 6.45) is 0.681. The quantitative estimate of drug-likeness (QED) is 0.694. The Morgan fingerprint density at radius 3 is 2.72 bits per heavy atom. The molecule has 0 fully saturated rings. The summed E-state index contributed by atoms with van der Waals surface area (Å²) in [5, 5.41) is 3.42. The maximum atomic E-state index is 12.7. The number of carbonyl (C=O) groups excluding carboxylic acids is 2. The summed E-state index contributed by atoms with van der Waals surface area (Å²) in [4.78, 5) is 32.7. The van der Waals surface area contributed by atoms with Gasteiger partial charge in [0.05, 0.1) is 18.8 Å². The van der Waals surface area contributed by atoms with Crippen LogP contribution in [0.1, 0.15) is 38.2 Å². The van der Waals surface area contributed by atoms with Crippen molar-refractivity contribution >= 4 is 28.3 Å². The van der Waals surface area contributed by atoms with Crippen molar-refractivity contribution in [2.75, 3.05) is 18.5 Å². The summed E-state index contributed by atoms with van der Waals surface area (Å²) < 4.78 is 5.45. The van der Waals surface area contributed by atoms with Crippen molar-refractivity contribution in [1.82, 2.24) is 9.88 Å². The third-order valence-corrected chi connectivity index (χ3v) is 5.66. The van der Waals surface area contributed by atoms with Gasteiger partial charge in [-0.05, 0) is 37.3 Å². The van der Waals surface area contributed by atoms with E-state index in [-0.39, 0.29) is 11.8 Å². The van der Waals surface area contributed by atoms with Crippen LogP contribution >= 0.6 is 11.3 Å². The fraction of sp³-hybridized carbons (Fsp3) is 0.227. The summed E-state index contributed by atoms with van der Waals surface area (Å²) in [6.45, 7) is 3.58. The lowest BCUT2D eigenvalue weighted by Gasteiger charge is -2.26. The van der Waals surface area contributed by atoms with Crippen molar-refractivity contribution in [3.63, 3.8) is 0 Å². The molecule has 0 saturated carbocycles. The van der Waals surface area contributed by atoms with Crippen molar-refractivity contribution in [2.24, 2.45) is 0 Å². The van der Waals surface area contributed by atoms with Gasteiger partial charge in [-0.3, -0.25) is 14.9 Å². The number of carbonyl (C=O) groups is 2. The number of rotatable bonds is 5. The number of nitrogens with one attached hydrogen (secondary N) is 1. The lowest BCUT2D eigenvalue weighted by molar-refractivity contribution is 0.0736. The summed E-state index contributed by atoms with van der Waals surface area (Å²) in [5.41, 5.74) is 2.15. The molecule has 3 aromatic rings. The van der Waals surface area contributed by atoms with Gasteiger partial charge in [-0.15, -0.1) is 0 Å². The Hall–Kier alpha value is -3.19. The van der Waals surface area contributed by atoms with E-state index in [0.717, 1.165) is 10.6 Å². The summed E-state index contributed by atoms with van der Waals surface area (Å²) in [6, 6.07) is 16.3. The zero-order chi connectivity index (χ0) is 20.2. The topological polar surface area (TPSA) is 71.5 Å². The highest BCUT2D eigenvalue weighted by Gasteiger charge is 2.25. The molecule has 1 aromatic heterocycles. The van der Waals surface area contributed by atoms with Gasteiger partial charge in [0.1, 0.15) is 5.75 Å². The van der Waals surface area contributed by atoms with Gasteiger partial charge in [-0.25, -0.2) is 4.98 Å². The van der Waals surface area contributed by atoms with E-state index in [1.165, 1.54) is 11.3 Å². The molecule has 1 aliphatic rings. The maximum absolute atomic E-state index is 12.7. The van der Waals surface area contributed by atoms with E-state index in [0.29, 0.717) is 48.1 Å². The van der Waals surface area contributed by atoms with Crippen LogP contribution in [0.5, 0.6) is 5.75 Å². The number of aromatic nitrogens is 1. The second-order valence-corrected chi connectivity index (χ2v) is 7.73. The summed E-state index contributed by atoms with van der Waals surface area (Å²) in [5.74, 6) is 0.450.